The van der Waals surface area contributed by atoms with Gasteiger partial charge in [-0.25, -0.2) is 0 Å². The fraction of sp³-hybridized carbons (Fsp3) is 0.625. The molecule has 74 valence electrons. The summed E-state index contributed by atoms with van der Waals surface area (Å²) in [4.78, 5) is 0. The Balaban J connectivity index is 0.000000845. The molecule has 0 bridgehead atoms. The van der Waals surface area contributed by atoms with Gasteiger partial charge in [0.15, 0.2) is 0 Å². The minimum atomic E-state index is 0. The topological polar surface area (TPSA) is 64.1 Å². The Morgan fingerprint density at radius 2 is 2.31 bits per heavy atom. The third-order valence-corrected chi connectivity index (χ3v) is 2.36. The zero-order valence-electron chi connectivity index (χ0n) is 7.26. The molecule has 0 amide bonds. The third kappa shape index (κ3) is 2.02. The van der Waals surface area contributed by atoms with Crippen molar-refractivity contribution in [3.05, 3.63) is 18.0 Å². The molecule has 1 aliphatic carbocycles. The monoisotopic (exact) mass is 203 g/mol. The van der Waals surface area contributed by atoms with E-state index in [1.54, 1.807) is 6.20 Å². The molecule has 1 heterocycles. The maximum atomic E-state index is 8.80. The van der Waals surface area contributed by atoms with Crippen molar-refractivity contribution in [2.24, 2.45) is 5.73 Å². The number of aliphatic hydroxyl groups excluding tert-OH is 1. The molecule has 13 heavy (non-hydrogen) atoms. The van der Waals surface area contributed by atoms with Crippen molar-refractivity contribution in [1.29, 1.82) is 0 Å². The highest BCUT2D eigenvalue weighted by Gasteiger charge is 2.27. The predicted octanol–water partition coefficient (Wildman–Crippen LogP) is 0.459. The summed E-state index contributed by atoms with van der Waals surface area (Å²) in [6.07, 6.45) is 5.60. The first-order chi connectivity index (χ1) is 5.79. The summed E-state index contributed by atoms with van der Waals surface area (Å²) in [6, 6.07) is 0.803. The molecule has 1 fully saturated rings. The number of nitrogens with zero attached hydrogens (tertiary/aromatic N) is 2. The van der Waals surface area contributed by atoms with Crippen LogP contribution in [0.1, 0.15) is 24.4 Å². The molecule has 0 atom stereocenters. The number of hydrogen-bond acceptors (Lipinski definition) is 3. The van der Waals surface area contributed by atoms with Gasteiger partial charge in [0.1, 0.15) is 0 Å². The molecular formula is C8H14ClN3O. The molecule has 0 aliphatic heterocycles. The Kier molecular flexibility index (Phi) is 3.30. The lowest BCUT2D eigenvalue weighted by molar-refractivity contribution is 0.246. The molecule has 1 aromatic heterocycles. The van der Waals surface area contributed by atoms with Gasteiger partial charge in [-0.05, 0) is 12.8 Å². The predicted molar refractivity (Wildman–Crippen MR) is 51.6 cm³/mol. The highest BCUT2D eigenvalue weighted by atomic mass is 35.5. The van der Waals surface area contributed by atoms with Crippen molar-refractivity contribution in [3.63, 3.8) is 0 Å². The minimum Gasteiger partial charge on any atom is -0.392 e. The van der Waals surface area contributed by atoms with Crippen LogP contribution in [0, 0.1) is 0 Å². The van der Waals surface area contributed by atoms with E-state index in [4.69, 9.17) is 10.8 Å². The van der Waals surface area contributed by atoms with E-state index in [-0.39, 0.29) is 19.0 Å². The van der Waals surface area contributed by atoms with Gasteiger partial charge >= 0.3 is 0 Å². The van der Waals surface area contributed by atoms with E-state index in [1.807, 2.05) is 10.9 Å². The molecule has 1 aliphatic rings. The van der Waals surface area contributed by atoms with E-state index >= 15 is 0 Å². The molecule has 1 aromatic rings. The SMILES string of the molecule is Cl.NC1CC(n2cc(CO)cn2)C1. The lowest BCUT2D eigenvalue weighted by atomic mass is 9.88. The van der Waals surface area contributed by atoms with Crippen LogP contribution in [-0.4, -0.2) is 20.9 Å². The Bertz CT molecular complexity index is 270. The maximum Gasteiger partial charge on any atom is 0.0712 e. The van der Waals surface area contributed by atoms with Crippen LogP contribution in [0.25, 0.3) is 0 Å². The van der Waals surface area contributed by atoms with Gasteiger partial charge in [-0.2, -0.15) is 5.10 Å². The molecule has 0 saturated heterocycles. The zero-order valence-corrected chi connectivity index (χ0v) is 8.07. The molecule has 0 unspecified atom stereocenters. The number of hydrogen-bond donors (Lipinski definition) is 2. The lowest BCUT2D eigenvalue weighted by Gasteiger charge is -2.32. The number of nitrogens with two attached hydrogens (primary N) is 1. The fourth-order valence-electron chi connectivity index (χ4n) is 1.50. The van der Waals surface area contributed by atoms with E-state index in [1.165, 1.54) is 0 Å². The highest BCUT2D eigenvalue weighted by molar-refractivity contribution is 5.85. The van der Waals surface area contributed by atoms with Crippen LogP contribution in [0.5, 0.6) is 0 Å². The first-order valence-corrected chi connectivity index (χ1v) is 4.19. The maximum absolute atomic E-state index is 8.80. The second kappa shape index (κ2) is 4.09. The van der Waals surface area contributed by atoms with Gasteiger partial charge in [0.25, 0.3) is 0 Å². The summed E-state index contributed by atoms with van der Waals surface area (Å²) in [5.41, 5.74) is 6.53. The van der Waals surface area contributed by atoms with Crippen molar-refractivity contribution in [1.82, 2.24) is 9.78 Å². The average molecular weight is 204 g/mol. The summed E-state index contributed by atoms with van der Waals surface area (Å²) in [5, 5.41) is 12.9. The van der Waals surface area contributed by atoms with Crippen LogP contribution in [0.4, 0.5) is 0 Å². The lowest BCUT2D eigenvalue weighted by Crippen LogP contribution is -2.37. The van der Waals surface area contributed by atoms with Gasteiger partial charge in [0.2, 0.25) is 0 Å². The molecule has 2 rings (SSSR count). The van der Waals surface area contributed by atoms with Gasteiger partial charge in [-0.15, -0.1) is 12.4 Å². The van der Waals surface area contributed by atoms with Crippen LogP contribution in [-0.2, 0) is 6.61 Å². The van der Waals surface area contributed by atoms with Crippen molar-refractivity contribution in [2.75, 3.05) is 0 Å². The van der Waals surface area contributed by atoms with Gasteiger partial charge in [-0.3, -0.25) is 4.68 Å². The zero-order chi connectivity index (χ0) is 8.55. The molecule has 5 heteroatoms. The largest absolute Gasteiger partial charge is 0.392 e. The van der Waals surface area contributed by atoms with Crippen molar-refractivity contribution >= 4 is 12.4 Å². The van der Waals surface area contributed by atoms with E-state index in [0.717, 1.165) is 18.4 Å². The Hall–Kier alpha value is -0.580. The van der Waals surface area contributed by atoms with Crippen LogP contribution in [0.15, 0.2) is 12.4 Å². The number of halogens is 1. The van der Waals surface area contributed by atoms with Crippen LogP contribution in [0.3, 0.4) is 0 Å². The average Bonchev–Trinajstić information content (AvgIpc) is 2.46. The molecule has 0 spiro atoms. The first-order valence-electron chi connectivity index (χ1n) is 4.19. The molecule has 0 aromatic carbocycles. The van der Waals surface area contributed by atoms with Crippen molar-refractivity contribution < 1.29 is 5.11 Å². The first kappa shape index (κ1) is 10.5. The van der Waals surface area contributed by atoms with Gasteiger partial charge < -0.3 is 10.8 Å². The quantitative estimate of drug-likeness (QED) is 0.734. The molecule has 3 N–H and O–H groups in total. The molecule has 4 nitrogen and oxygen atoms in total. The summed E-state index contributed by atoms with van der Waals surface area (Å²) >= 11 is 0. The van der Waals surface area contributed by atoms with Gasteiger partial charge in [0, 0.05) is 17.8 Å². The van der Waals surface area contributed by atoms with E-state index < -0.39 is 0 Å². The molecular weight excluding hydrogens is 190 g/mol. The number of aromatic nitrogens is 2. The Morgan fingerprint density at radius 1 is 1.62 bits per heavy atom. The summed E-state index contributed by atoms with van der Waals surface area (Å²) < 4.78 is 1.90. The normalized spacial score (nSPS) is 26.3. The number of aliphatic hydroxyl groups is 1. The summed E-state index contributed by atoms with van der Waals surface area (Å²) in [7, 11) is 0. The summed E-state index contributed by atoms with van der Waals surface area (Å²) in [6.45, 7) is 0.0682. The molecule has 0 radical (unpaired) electrons. The second-order valence-corrected chi connectivity index (χ2v) is 3.37. The minimum absolute atomic E-state index is 0. The van der Waals surface area contributed by atoms with Crippen molar-refractivity contribution in [2.45, 2.75) is 31.5 Å². The summed E-state index contributed by atoms with van der Waals surface area (Å²) in [5.74, 6) is 0. The Labute approximate surface area is 83.1 Å². The van der Waals surface area contributed by atoms with Gasteiger partial charge in [-0.1, -0.05) is 0 Å². The van der Waals surface area contributed by atoms with E-state index in [9.17, 15) is 0 Å². The van der Waals surface area contributed by atoms with Crippen LogP contribution >= 0.6 is 12.4 Å². The smallest absolute Gasteiger partial charge is 0.0712 e. The van der Waals surface area contributed by atoms with Crippen LogP contribution < -0.4 is 5.73 Å². The molecule has 1 saturated carbocycles. The highest BCUT2D eigenvalue weighted by Crippen LogP contribution is 2.29. The van der Waals surface area contributed by atoms with Crippen LogP contribution in [0.2, 0.25) is 0 Å². The number of rotatable bonds is 2. The van der Waals surface area contributed by atoms with E-state index in [2.05, 4.69) is 5.10 Å². The standard InChI is InChI=1S/C8H13N3O.ClH/c9-7-1-8(2-7)11-4-6(5-12)3-10-11;/h3-4,7-8,12H,1-2,5,9H2;1H. The third-order valence-electron chi connectivity index (χ3n) is 2.36. The van der Waals surface area contributed by atoms with Crippen molar-refractivity contribution in [3.8, 4) is 0 Å². The second-order valence-electron chi connectivity index (χ2n) is 3.37. The van der Waals surface area contributed by atoms with Gasteiger partial charge in [0.05, 0.1) is 18.8 Å². The fourth-order valence-corrected chi connectivity index (χ4v) is 1.50. The van der Waals surface area contributed by atoms with E-state index in [0.29, 0.717) is 12.1 Å². The Morgan fingerprint density at radius 3 is 2.77 bits per heavy atom.